The lowest BCUT2D eigenvalue weighted by atomic mass is 9.90. The Bertz CT molecular complexity index is 2370. The molecule has 0 amide bonds. The van der Waals surface area contributed by atoms with Crippen molar-refractivity contribution >= 4 is 46.2 Å². The summed E-state index contributed by atoms with van der Waals surface area (Å²) in [5.74, 6) is -6.37. The van der Waals surface area contributed by atoms with Gasteiger partial charge in [0.25, 0.3) is 23.6 Å². The summed E-state index contributed by atoms with van der Waals surface area (Å²) in [7, 11) is 0. The van der Waals surface area contributed by atoms with Crippen LogP contribution in [-0.2, 0) is 67.2 Å². The molecule has 0 spiro atoms. The summed E-state index contributed by atoms with van der Waals surface area (Å²) >= 11 is 2.32. The average molecular weight is 901 g/mol. The number of nitrogens with zero attached hydrogens (tertiary/aromatic N) is 4. The van der Waals surface area contributed by atoms with E-state index < -0.39 is 23.8 Å². The second-order valence-corrected chi connectivity index (χ2v) is 18.8. The molecular weight excluding hydrogens is 861 g/mol. The van der Waals surface area contributed by atoms with Crippen molar-refractivity contribution in [1.82, 2.24) is 20.3 Å². The molecule has 0 aromatic carbocycles. The predicted molar refractivity (Wildman–Crippen MR) is 211 cm³/mol. The first-order chi connectivity index (χ1) is 29.6. The van der Waals surface area contributed by atoms with Gasteiger partial charge < -0.3 is 28.7 Å². The fourth-order valence-electron chi connectivity index (χ4n) is 8.31. The normalized spacial score (nSPS) is 20.6. The number of alkyl halides is 4. The van der Waals surface area contributed by atoms with Crippen LogP contribution in [0, 0.1) is 0 Å². The smallest absolute Gasteiger partial charge is 0.334 e. The summed E-state index contributed by atoms with van der Waals surface area (Å²) in [4.78, 5) is 60.3. The lowest BCUT2D eigenvalue weighted by Gasteiger charge is -2.21. The van der Waals surface area contributed by atoms with E-state index in [9.17, 15) is 47.0 Å². The molecule has 0 bridgehead atoms. The Hall–Kier alpha value is -4.92. The Morgan fingerprint density at radius 2 is 1.05 bits per heavy atom. The van der Waals surface area contributed by atoms with Crippen molar-refractivity contribution in [1.29, 1.82) is 0 Å². The molecule has 4 aromatic heterocycles. The molecular formula is C42H40F4N4O10S2. The number of aliphatic carboxylic acids is 2. The monoisotopic (exact) mass is 900 g/mol. The summed E-state index contributed by atoms with van der Waals surface area (Å²) in [6.45, 7) is 0.334. The third-order valence-corrected chi connectivity index (χ3v) is 14.4. The molecule has 14 nitrogen and oxygen atoms in total. The van der Waals surface area contributed by atoms with E-state index in [0.29, 0.717) is 42.3 Å². The Morgan fingerprint density at radius 1 is 0.613 bits per heavy atom. The number of hydrogen-bond acceptors (Lipinski definition) is 14. The standard InChI is InChI=1S/2C21H20F2N2O5S/c22-21(23)5-3-12-16(8-21)31-15(17(12)19-24-18(25-30-19)10-1-2-10)7-14(26)13-9-29-6-4-11(13)20(27)28;22-21(23)5-3-12-16(8-21)31-15(17(12)19-24-18(25-30-19)10-1-2-10)7-14(26)11-4-6-29-9-13(11)20(27)28/h2*10H,1-9H2,(H,27,28). The third kappa shape index (κ3) is 8.83. The number of thiophene rings is 2. The molecule has 62 heavy (non-hydrogen) atoms. The zero-order valence-electron chi connectivity index (χ0n) is 33.2. The summed E-state index contributed by atoms with van der Waals surface area (Å²) in [6.07, 6.45) is 3.15. The second kappa shape index (κ2) is 16.7. The van der Waals surface area contributed by atoms with Crippen molar-refractivity contribution in [2.75, 3.05) is 26.4 Å². The van der Waals surface area contributed by atoms with Gasteiger partial charge in [-0.15, -0.1) is 22.7 Å². The van der Waals surface area contributed by atoms with Crippen LogP contribution >= 0.6 is 22.7 Å². The topological polar surface area (TPSA) is 205 Å². The van der Waals surface area contributed by atoms with Crippen LogP contribution in [0.2, 0.25) is 0 Å². The molecule has 328 valence electrons. The molecule has 0 atom stereocenters. The zero-order valence-corrected chi connectivity index (χ0v) is 34.8. The molecule has 2 N–H and O–H groups in total. The Labute approximate surface area is 358 Å². The Morgan fingerprint density at radius 3 is 1.50 bits per heavy atom. The maximum Gasteiger partial charge on any atom is 0.334 e. The lowest BCUT2D eigenvalue weighted by molar-refractivity contribution is -0.134. The second-order valence-electron chi connectivity index (χ2n) is 16.5. The quantitative estimate of drug-likeness (QED) is 0.133. The number of ketones is 2. The van der Waals surface area contributed by atoms with Crippen molar-refractivity contribution in [3.05, 3.63) is 64.6 Å². The Kier molecular flexibility index (Phi) is 11.4. The van der Waals surface area contributed by atoms with Crippen molar-refractivity contribution in [3.8, 4) is 22.9 Å². The first kappa shape index (κ1) is 42.4. The van der Waals surface area contributed by atoms with E-state index >= 15 is 0 Å². The fourth-order valence-corrected chi connectivity index (χ4v) is 11.2. The number of hydrogen-bond donors (Lipinski definition) is 2. The SMILES string of the molecule is O=C(O)C1=C(C(=O)Cc2sc3c(c2-c2nc(C4CC4)no2)CCC(F)(F)C3)CCOC1.O=C(O)C1=C(C(=O)Cc2sc3c(c2-c2nc(C4CC4)no2)CCC(F)(F)C3)COCC1. The number of ether oxygens (including phenoxy) is 2. The molecule has 4 aliphatic carbocycles. The zero-order chi connectivity index (χ0) is 43.5. The number of carbonyl (C=O) groups excluding carboxylic acids is 2. The molecule has 0 saturated heterocycles. The van der Waals surface area contributed by atoms with Gasteiger partial charge >= 0.3 is 11.9 Å². The number of halogens is 4. The summed E-state index contributed by atoms with van der Waals surface area (Å²) in [5, 5.41) is 26.9. The first-order valence-corrected chi connectivity index (χ1v) is 22.1. The number of carboxylic acid groups (broad SMARTS) is 2. The first-order valence-electron chi connectivity index (χ1n) is 20.5. The van der Waals surface area contributed by atoms with Gasteiger partial charge in [-0.3, -0.25) is 9.59 Å². The molecule has 6 aliphatic rings. The highest BCUT2D eigenvalue weighted by Gasteiger charge is 2.41. The van der Waals surface area contributed by atoms with E-state index in [2.05, 4.69) is 20.3 Å². The number of rotatable bonds is 12. The molecule has 6 heterocycles. The van der Waals surface area contributed by atoms with Crippen molar-refractivity contribution < 1.29 is 65.5 Å². The van der Waals surface area contributed by atoms with Gasteiger partial charge in [0.05, 0.1) is 43.1 Å². The van der Waals surface area contributed by atoms with Crippen LogP contribution in [0.5, 0.6) is 0 Å². The maximum atomic E-state index is 14.0. The van der Waals surface area contributed by atoms with Gasteiger partial charge in [-0.1, -0.05) is 10.3 Å². The molecule has 0 unspecified atom stereocenters. The van der Waals surface area contributed by atoms with Gasteiger partial charge in [0, 0.05) is 93.0 Å². The van der Waals surface area contributed by atoms with E-state index in [4.69, 9.17) is 18.5 Å². The van der Waals surface area contributed by atoms with E-state index in [1.807, 2.05) is 0 Å². The van der Waals surface area contributed by atoms with Crippen LogP contribution < -0.4 is 0 Å². The molecule has 2 fully saturated rings. The molecule has 2 aliphatic heterocycles. The van der Waals surface area contributed by atoms with Crippen LogP contribution in [0.15, 0.2) is 31.3 Å². The minimum Gasteiger partial charge on any atom is -0.478 e. The van der Waals surface area contributed by atoms with Crippen LogP contribution in [-0.4, -0.2) is 92.3 Å². The Balaban J connectivity index is 0.000000158. The van der Waals surface area contributed by atoms with Gasteiger partial charge in [0.2, 0.25) is 0 Å². The van der Waals surface area contributed by atoms with Gasteiger partial charge in [0.15, 0.2) is 23.2 Å². The predicted octanol–water partition coefficient (Wildman–Crippen LogP) is 7.43. The van der Waals surface area contributed by atoms with Gasteiger partial charge in [-0.05, 0) is 56.1 Å². The number of carboxylic acids is 2. The third-order valence-electron chi connectivity index (χ3n) is 11.9. The number of carbonyl (C=O) groups is 4. The fraction of sp³-hybridized carbons (Fsp3) is 0.524. The molecule has 2 saturated carbocycles. The van der Waals surface area contributed by atoms with Crippen LogP contribution in [0.1, 0.15) is 105 Å². The van der Waals surface area contributed by atoms with Crippen LogP contribution in [0.4, 0.5) is 17.6 Å². The molecule has 20 heteroatoms. The number of aromatic nitrogens is 4. The maximum absolute atomic E-state index is 14.0. The minimum absolute atomic E-state index is 0.0422. The largest absolute Gasteiger partial charge is 0.478 e. The number of Topliss-reactive ketones (excluding diaryl/α,β-unsaturated/α-hetero) is 2. The highest BCUT2D eigenvalue weighted by Crippen LogP contribution is 2.48. The van der Waals surface area contributed by atoms with E-state index in [-0.39, 0.29) is 148 Å². The molecule has 10 rings (SSSR count). The van der Waals surface area contributed by atoms with Crippen molar-refractivity contribution in [2.24, 2.45) is 0 Å². The summed E-state index contributed by atoms with van der Waals surface area (Å²) < 4.78 is 77.6. The highest BCUT2D eigenvalue weighted by atomic mass is 32.1. The van der Waals surface area contributed by atoms with Gasteiger partial charge in [-0.25, -0.2) is 27.2 Å². The molecule has 4 aromatic rings. The van der Waals surface area contributed by atoms with E-state index in [1.165, 1.54) is 0 Å². The van der Waals surface area contributed by atoms with Gasteiger partial charge in [0.1, 0.15) is 0 Å². The van der Waals surface area contributed by atoms with Crippen LogP contribution in [0.3, 0.4) is 0 Å². The lowest BCUT2D eigenvalue weighted by Crippen LogP contribution is -2.24. The van der Waals surface area contributed by atoms with Crippen LogP contribution in [0.25, 0.3) is 22.9 Å². The summed E-state index contributed by atoms with van der Waals surface area (Å²) in [6, 6.07) is 0. The summed E-state index contributed by atoms with van der Waals surface area (Å²) in [5.41, 5.74) is 2.99. The number of fused-ring (bicyclic) bond motifs is 2. The van der Waals surface area contributed by atoms with Gasteiger partial charge in [-0.2, -0.15) is 9.97 Å². The average Bonchev–Trinajstić information content (AvgIpc) is 4.09. The minimum atomic E-state index is -2.79. The molecule has 0 radical (unpaired) electrons. The van der Waals surface area contributed by atoms with E-state index in [1.54, 1.807) is 0 Å². The van der Waals surface area contributed by atoms with E-state index in [0.717, 1.165) is 59.5 Å². The highest BCUT2D eigenvalue weighted by molar-refractivity contribution is 7.13. The van der Waals surface area contributed by atoms with Crippen molar-refractivity contribution in [3.63, 3.8) is 0 Å². The van der Waals surface area contributed by atoms with Crippen molar-refractivity contribution in [2.45, 2.75) is 114 Å².